The number of urea groups is 1. The highest BCUT2D eigenvalue weighted by molar-refractivity contribution is 7.18. The summed E-state index contributed by atoms with van der Waals surface area (Å²) in [6.45, 7) is 15.1. The van der Waals surface area contributed by atoms with Crippen LogP contribution in [-0.2, 0) is 12.0 Å². The summed E-state index contributed by atoms with van der Waals surface area (Å²) in [7, 11) is 0. The second-order valence-electron chi connectivity index (χ2n) is 8.87. The number of benzene rings is 1. The number of carbonyl (C=O) groups is 1. The SMILES string of the molecule is C=C(C)c1cccc(C(C)(C)NC(=O)N2CCN(c3ncnc4sc(CC)cc34)CC2)c1. The fourth-order valence-electron chi connectivity index (χ4n) is 4.03. The predicted octanol–water partition coefficient (Wildman–Crippen LogP) is 5.05. The van der Waals surface area contributed by atoms with Crippen LogP contribution in [0.15, 0.2) is 43.2 Å². The highest BCUT2D eigenvalue weighted by Gasteiger charge is 2.29. The largest absolute Gasteiger partial charge is 0.352 e. The molecule has 2 amide bonds. The van der Waals surface area contributed by atoms with Crippen LogP contribution >= 0.6 is 11.3 Å². The number of nitrogens with one attached hydrogen (secondary N) is 1. The molecule has 0 aliphatic carbocycles. The van der Waals surface area contributed by atoms with Crippen molar-refractivity contribution in [1.29, 1.82) is 0 Å². The van der Waals surface area contributed by atoms with Crippen LogP contribution in [0, 0.1) is 0 Å². The number of piperazine rings is 1. The first kappa shape index (κ1) is 22.3. The van der Waals surface area contributed by atoms with Crippen LogP contribution in [0.25, 0.3) is 15.8 Å². The Bertz CT molecular complexity index is 1140. The monoisotopic (exact) mass is 449 g/mol. The maximum absolute atomic E-state index is 13.1. The molecular formula is C25H31N5OS. The predicted molar refractivity (Wildman–Crippen MR) is 133 cm³/mol. The van der Waals surface area contributed by atoms with Gasteiger partial charge in [-0.25, -0.2) is 14.8 Å². The summed E-state index contributed by atoms with van der Waals surface area (Å²) in [5.41, 5.74) is 2.69. The number of hydrogen-bond acceptors (Lipinski definition) is 5. The summed E-state index contributed by atoms with van der Waals surface area (Å²) in [6, 6.07) is 10.4. The zero-order valence-corrected chi connectivity index (χ0v) is 20.1. The van der Waals surface area contributed by atoms with Crippen molar-refractivity contribution in [2.24, 2.45) is 0 Å². The molecule has 2 aromatic heterocycles. The fraction of sp³-hybridized carbons (Fsp3) is 0.400. The molecule has 0 bridgehead atoms. The molecule has 1 fully saturated rings. The summed E-state index contributed by atoms with van der Waals surface area (Å²) in [4.78, 5) is 28.6. The first-order valence-electron chi connectivity index (χ1n) is 11.1. The summed E-state index contributed by atoms with van der Waals surface area (Å²) >= 11 is 1.73. The van der Waals surface area contributed by atoms with E-state index in [0.717, 1.165) is 52.2 Å². The number of allylic oxidation sites excluding steroid dienone is 1. The van der Waals surface area contributed by atoms with Crippen LogP contribution in [-0.4, -0.2) is 47.1 Å². The van der Waals surface area contributed by atoms with Crippen molar-refractivity contribution in [3.05, 3.63) is 59.2 Å². The second kappa shape index (κ2) is 8.90. The third-order valence-electron chi connectivity index (χ3n) is 6.07. The molecule has 1 saturated heterocycles. The van der Waals surface area contributed by atoms with E-state index in [-0.39, 0.29) is 6.03 Å². The minimum absolute atomic E-state index is 0.0352. The van der Waals surface area contributed by atoms with Gasteiger partial charge in [0.15, 0.2) is 0 Å². The lowest BCUT2D eigenvalue weighted by molar-refractivity contribution is 0.183. The lowest BCUT2D eigenvalue weighted by Gasteiger charge is -2.37. The molecule has 4 rings (SSSR count). The Kier molecular flexibility index (Phi) is 6.20. The number of anilines is 1. The van der Waals surface area contributed by atoms with Gasteiger partial charge in [-0.05, 0) is 50.5 Å². The summed E-state index contributed by atoms with van der Waals surface area (Å²) in [5.74, 6) is 0.975. The number of fused-ring (bicyclic) bond motifs is 1. The molecule has 1 N–H and O–H groups in total. The Morgan fingerprint density at radius 2 is 1.94 bits per heavy atom. The molecular weight excluding hydrogens is 418 g/mol. The number of aryl methyl sites for hydroxylation is 1. The Morgan fingerprint density at radius 1 is 1.19 bits per heavy atom. The van der Waals surface area contributed by atoms with Crippen LogP contribution in [0.1, 0.15) is 43.7 Å². The van der Waals surface area contributed by atoms with E-state index in [0.29, 0.717) is 13.1 Å². The van der Waals surface area contributed by atoms with Crippen molar-refractivity contribution in [1.82, 2.24) is 20.2 Å². The van der Waals surface area contributed by atoms with Gasteiger partial charge in [0.05, 0.1) is 10.9 Å². The van der Waals surface area contributed by atoms with Crippen molar-refractivity contribution in [2.45, 2.75) is 39.7 Å². The number of thiophene rings is 1. The topological polar surface area (TPSA) is 61.4 Å². The molecule has 3 aromatic rings. The fourth-order valence-corrected chi connectivity index (χ4v) is 4.96. The van der Waals surface area contributed by atoms with E-state index in [1.165, 1.54) is 4.88 Å². The van der Waals surface area contributed by atoms with Crippen LogP contribution in [0.3, 0.4) is 0 Å². The molecule has 1 aliphatic rings. The lowest BCUT2D eigenvalue weighted by Crippen LogP contribution is -2.55. The number of rotatable bonds is 5. The number of amides is 2. The van der Waals surface area contributed by atoms with Gasteiger partial charge in [0.2, 0.25) is 0 Å². The summed E-state index contributed by atoms with van der Waals surface area (Å²) in [5, 5.41) is 4.33. The number of nitrogens with zero attached hydrogens (tertiary/aromatic N) is 4. The average molecular weight is 450 g/mol. The van der Waals surface area contributed by atoms with Gasteiger partial charge in [-0.1, -0.05) is 37.3 Å². The molecule has 0 unspecified atom stereocenters. The summed E-state index contributed by atoms with van der Waals surface area (Å²) in [6.07, 6.45) is 2.65. The van der Waals surface area contributed by atoms with Gasteiger partial charge in [-0.2, -0.15) is 0 Å². The Hall–Kier alpha value is -2.93. The number of hydrogen-bond donors (Lipinski definition) is 1. The maximum atomic E-state index is 13.1. The Balaban J connectivity index is 1.42. The number of carbonyl (C=O) groups excluding carboxylic acids is 1. The minimum Gasteiger partial charge on any atom is -0.352 e. The van der Waals surface area contributed by atoms with Gasteiger partial charge in [0.1, 0.15) is 17.0 Å². The summed E-state index contributed by atoms with van der Waals surface area (Å²) < 4.78 is 0. The first-order valence-corrected chi connectivity index (χ1v) is 11.9. The molecule has 0 radical (unpaired) electrons. The number of aromatic nitrogens is 2. The van der Waals surface area contributed by atoms with Gasteiger partial charge in [0.25, 0.3) is 0 Å². The van der Waals surface area contributed by atoms with Crippen LogP contribution < -0.4 is 10.2 Å². The molecule has 168 valence electrons. The third-order valence-corrected chi connectivity index (χ3v) is 7.26. The van der Waals surface area contributed by atoms with Crippen molar-refractivity contribution >= 4 is 39.0 Å². The smallest absolute Gasteiger partial charge is 0.318 e. The van der Waals surface area contributed by atoms with Crippen molar-refractivity contribution in [2.75, 3.05) is 31.1 Å². The van der Waals surface area contributed by atoms with Crippen LogP contribution in [0.4, 0.5) is 10.6 Å². The van der Waals surface area contributed by atoms with Crippen LogP contribution in [0.2, 0.25) is 0 Å². The zero-order chi connectivity index (χ0) is 22.9. The molecule has 0 atom stereocenters. The molecule has 1 aromatic carbocycles. The first-order chi connectivity index (χ1) is 15.3. The van der Waals surface area contributed by atoms with E-state index >= 15 is 0 Å². The maximum Gasteiger partial charge on any atom is 0.318 e. The second-order valence-corrected chi connectivity index (χ2v) is 9.99. The van der Waals surface area contributed by atoms with Crippen molar-refractivity contribution in [3.63, 3.8) is 0 Å². The van der Waals surface area contributed by atoms with Gasteiger partial charge < -0.3 is 15.1 Å². The van der Waals surface area contributed by atoms with E-state index in [2.05, 4.69) is 51.9 Å². The van der Waals surface area contributed by atoms with Crippen LogP contribution in [0.5, 0.6) is 0 Å². The average Bonchev–Trinajstić information content (AvgIpc) is 3.22. The van der Waals surface area contributed by atoms with E-state index in [4.69, 9.17) is 0 Å². The Labute approximate surface area is 194 Å². The van der Waals surface area contributed by atoms with Crippen molar-refractivity contribution in [3.8, 4) is 0 Å². The zero-order valence-electron chi connectivity index (χ0n) is 19.3. The van der Waals surface area contributed by atoms with Gasteiger partial charge in [0, 0.05) is 31.1 Å². The minimum atomic E-state index is -0.480. The van der Waals surface area contributed by atoms with Gasteiger partial charge in [-0.15, -0.1) is 11.3 Å². The normalized spacial score (nSPS) is 14.6. The Morgan fingerprint density at radius 3 is 2.62 bits per heavy atom. The molecule has 3 heterocycles. The van der Waals surface area contributed by atoms with Gasteiger partial charge in [-0.3, -0.25) is 0 Å². The van der Waals surface area contributed by atoms with E-state index in [9.17, 15) is 4.79 Å². The van der Waals surface area contributed by atoms with E-state index in [1.54, 1.807) is 17.7 Å². The highest BCUT2D eigenvalue weighted by Crippen LogP contribution is 2.31. The molecule has 0 spiro atoms. The van der Waals surface area contributed by atoms with E-state index in [1.807, 2.05) is 37.8 Å². The molecule has 1 aliphatic heterocycles. The third kappa shape index (κ3) is 4.48. The highest BCUT2D eigenvalue weighted by atomic mass is 32.1. The molecule has 32 heavy (non-hydrogen) atoms. The molecule has 6 nitrogen and oxygen atoms in total. The van der Waals surface area contributed by atoms with E-state index < -0.39 is 5.54 Å². The quantitative estimate of drug-likeness (QED) is 0.592. The standard InChI is InChI=1S/C25H31N5OS/c1-6-20-15-21-22(26-16-27-23(21)32-20)29-10-12-30(13-11-29)24(31)28-25(4,5)19-9-7-8-18(14-19)17(2)3/h7-9,14-16H,2,6,10-13H2,1,3-5H3,(H,28,31). The van der Waals surface area contributed by atoms with Gasteiger partial charge >= 0.3 is 6.03 Å². The van der Waals surface area contributed by atoms with Crippen molar-refractivity contribution < 1.29 is 4.79 Å². The molecule has 7 heteroatoms. The molecule has 0 saturated carbocycles. The lowest BCUT2D eigenvalue weighted by atomic mass is 9.92.